The second-order valence-corrected chi connectivity index (χ2v) is 4.88. The summed E-state index contributed by atoms with van der Waals surface area (Å²) in [4.78, 5) is 30.0. The van der Waals surface area contributed by atoms with Crippen LogP contribution in [0.25, 0.3) is 0 Å². The highest BCUT2D eigenvalue weighted by Crippen LogP contribution is 2.33. The van der Waals surface area contributed by atoms with E-state index in [4.69, 9.17) is 4.84 Å². The van der Waals surface area contributed by atoms with E-state index in [-0.39, 0.29) is 0 Å². The largest absolute Gasteiger partial charge is 0.365 e. The van der Waals surface area contributed by atoms with Crippen LogP contribution in [-0.2, 0) is 15.2 Å². The second kappa shape index (κ2) is 4.84. The summed E-state index contributed by atoms with van der Waals surface area (Å²) in [5.41, 5.74) is -0.921. The topological polar surface area (TPSA) is 53.1 Å². The third-order valence-corrected chi connectivity index (χ3v) is 3.17. The van der Waals surface area contributed by atoms with Crippen molar-refractivity contribution in [3.63, 3.8) is 0 Å². The van der Waals surface area contributed by atoms with Crippen molar-refractivity contribution < 1.29 is 18.8 Å². The van der Waals surface area contributed by atoms with Crippen LogP contribution < -0.4 is 0 Å². The van der Waals surface area contributed by atoms with Gasteiger partial charge in [-0.15, -0.1) is 0 Å². The van der Waals surface area contributed by atoms with Gasteiger partial charge in [0.05, 0.1) is 0 Å². The Bertz CT molecular complexity index is 546. The van der Waals surface area contributed by atoms with Crippen LogP contribution in [0.1, 0.15) is 12.5 Å². The molecule has 1 heterocycles. The normalized spacial score (nSPS) is 23.7. The van der Waals surface area contributed by atoms with Crippen molar-refractivity contribution in [2.45, 2.75) is 12.5 Å². The molecule has 1 atom stereocenters. The van der Waals surface area contributed by atoms with E-state index >= 15 is 0 Å². The number of hydroxylamine groups is 2. The van der Waals surface area contributed by atoms with Crippen molar-refractivity contribution in [1.29, 1.82) is 0 Å². The Morgan fingerprint density at radius 1 is 1.20 bits per heavy atom. The average molecular weight is 281 g/mol. The lowest BCUT2D eigenvalue weighted by Gasteiger charge is -2.43. The second-order valence-electron chi connectivity index (χ2n) is 4.88. The molecule has 7 heteroatoms. The standard InChI is InChI=1S/C13H16FN3O3/c1-13(9-5-7-10(14)8-6-9)11(18)17(15(2)3)12(19)16(4)20-13/h5-8H,1-4H3. The minimum absolute atomic E-state index is 0.408. The van der Waals surface area contributed by atoms with Crippen molar-refractivity contribution in [2.75, 3.05) is 21.1 Å². The molecule has 1 aromatic carbocycles. The molecular weight excluding hydrogens is 265 g/mol. The molecule has 1 aromatic rings. The fourth-order valence-corrected chi connectivity index (χ4v) is 2.07. The molecule has 108 valence electrons. The Labute approximate surface area is 116 Å². The SMILES string of the molecule is CN1OC(C)(c2ccc(F)cc2)C(=O)N(N(C)C)C1=O. The summed E-state index contributed by atoms with van der Waals surface area (Å²) < 4.78 is 13.0. The predicted octanol–water partition coefficient (Wildman–Crippen LogP) is 1.34. The summed E-state index contributed by atoms with van der Waals surface area (Å²) in [5.74, 6) is -0.938. The molecule has 0 spiro atoms. The lowest BCUT2D eigenvalue weighted by atomic mass is 9.94. The zero-order valence-corrected chi connectivity index (χ0v) is 11.8. The molecule has 2 rings (SSSR count). The molecule has 0 aromatic heterocycles. The zero-order chi connectivity index (χ0) is 15.1. The number of carbonyl (C=O) groups excluding carboxylic acids is 2. The van der Waals surface area contributed by atoms with Crippen LogP contribution >= 0.6 is 0 Å². The maximum absolute atomic E-state index is 13.0. The highest BCUT2D eigenvalue weighted by molar-refractivity contribution is 5.99. The number of urea groups is 1. The predicted molar refractivity (Wildman–Crippen MR) is 68.5 cm³/mol. The van der Waals surface area contributed by atoms with Crippen molar-refractivity contribution in [3.8, 4) is 0 Å². The molecule has 3 amide bonds. The molecule has 0 bridgehead atoms. The highest BCUT2D eigenvalue weighted by Gasteiger charge is 2.50. The summed E-state index contributed by atoms with van der Waals surface area (Å²) in [7, 11) is 4.59. The van der Waals surface area contributed by atoms with E-state index in [0.717, 1.165) is 10.1 Å². The van der Waals surface area contributed by atoms with Gasteiger partial charge in [0.1, 0.15) is 5.82 Å². The van der Waals surface area contributed by atoms with Crippen LogP contribution in [0.15, 0.2) is 24.3 Å². The van der Waals surface area contributed by atoms with E-state index < -0.39 is 23.4 Å². The fraction of sp³-hybridized carbons (Fsp3) is 0.385. The number of halogens is 1. The van der Waals surface area contributed by atoms with Gasteiger partial charge in [-0.05, 0) is 24.6 Å². The number of benzene rings is 1. The molecule has 6 nitrogen and oxygen atoms in total. The molecule has 1 fully saturated rings. The minimum atomic E-state index is -1.39. The first kappa shape index (κ1) is 14.4. The molecule has 1 saturated heterocycles. The lowest BCUT2D eigenvalue weighted by Crippen LogP contribution is -2.64. The molecule has 0 saturated carbocycles. The van der Waals surface area contributed by atoms with Gasteiger partial charge in [-0.2, -0.15) is 5.01 Å². The molecule has 0 radical (unpaired) electrons. The van der Waals surface area contributed by atoms with E-state index in [2.05, 4.69) is 0 Å². The minimum Gasteiger partial charge on any atom is -0.269 e. The summed E-state index contributed by atoms with van der Waals surface area (Å²) in [6.45, 7) is 1.54. The first-order valence-electron chi connectivity index (χ1n) is 6.02. The van der Waals surface area contributed by atoms with Gasteiger partial charge in [0, 0.05) is 21.1 Å². The third-order valence-electron chi connectivity index (χ3n) is 3.17. The summed E-state index contributed by atoms with van der Waals surface area (Å²) in [6, 6.07) is 4.83. The maximum atomic E-state index is 13.0. The van der Waals surface area contributed by atoms with E-state index in [9.17, 15) is 14.0 Å². The van der Waals surface area contributed by atoms with E-state index in [1.54, 1.807) is 21.0 Å². The Morgan fingerprint density at radius 2 is 1.75 bits per heavy atom. The first-order chi connectivity index (χ1) is 9.27. The zero-order valence-electron chi connectivity index (χ0n) is 11.8. The van der Waals surface area contributed by atoms with Crippen LogP contribution in [0.2, 0.25) is 0 Å². The average Bonchev–Trinajstić information content (AvgIpc) is 2.37. The van der Waals surface area contributed by atoms with Gasteiger partial charge in [-0.3, -0.25) is 4.79 Å². The van der Waals surface area contributed by atoms with Crippen LogP contribution in [0.3, 0.4) is 0 Å². The number of rotatable bonds is 2. The molecule has 1 aliphatic rings. The Kier molecular flexibility index (Phi) is 3.49. The lowest BCUT2D eigenvalue weighted by molar-refractivity contribution is -0.243. The molecule has 0 aliphatic carbocycles. The van der Waals surface area contributed by atoms with Gasteiger partial charge in [0.15, 0.2) is 5.60 Å². The van der Waals surface area contributed by atoms with Gasteiger partial charge in [-0.1, -0.05) is 12.1 Å². The number of nitrogens with zero attached hydrogens (tertiary/aromatic N) is 3. The monoisotopic (exact) mass is 281 g/mol. The quantitative estimate of drug-likeness (QED) is 0.821. The Hall–Kier alpha value is -1.99. The first-order valence-corrected chi connectivity index (χ1v) is 6.02. The number of hydrogen-bond acceptors (Lipinski definition) is 4. The number of carbonyl (C=O) groups is 2. The third kappa shape index (κ3) is 2.14. The summed E-state index contributed by atoms with van der Waals surface area (Å²) in [6.07, 6.45) is 0. The molecule has 0 N–H and O–H groups in total. The fourth-order valence-electron chi connectivity index (χ4n) is 2.07. The van der Waals surface area contributed by atoms with Crippen molar-refractivity contribution in [3.05, 3.63) is 35.6 Å². The van der Waals surface area contributed by atoms with Gasteiger partial charge >= 0.3 is 6.03 Å². The smallest absolute Gasteiger partial charge is 0.269 e. The van der Waals surface area contributed by atoms with Crippen molar-refractivity contribution >= 4 is 11.9 Å². The molecule has 1 unspecified atom stereocenters. The Morgan fingerprint density at radius 3 is 2.25 bits per heavy atom. The van der Waals surface area contributed by atoms with Gasteiger partial charge < -0.3 is 0 Å². The van der Waals surface area contributed by atoms with E-state index in [1.807, 2.05) is 0 Å². The van der Waals surface area contributed by atoms with Gasteiger partial charge in [0.25, 0.3) is 5.91 Å². The highest BCUT2D eigenvalue weighted by atomic mass is 19.1. The Balaban J connectivity index is 2.46. The maximum Gasteiger partial charge on any atom is 0.365 e. The summed E-state index contributed by atoms with van der Waals surface area (Å²) in [5, 5.41) is 3.35. The number of hydrazine groups is 1. The van der Waals surface area contributed by atoms with E-state index in [1.165, 1.54) is 36.3 Å². The van der Waals surface area contributed by atoms with Crippen LogP contribution in [-0.4, -0.2) is 48.2 Å². The molecule has 1 aliphatic heterocycles. The van der Waals surface area contributed by atoms with Crippen LogP contribution in [0.5, 0.6) is 0 Å². The van der Waals surface area contributed by atoms with E-state index in [0.29, 0.717) is 5.56 Å². The van der Waals surface area contributed by atoms with Gasteiger partial charge in [0.2, 0.25) is 0 Å². The number of amides is 3. The van der Waals surface area contributed by atoms with Crippen LogP contribution in [0, 0.1) is 5.82 Å². The van der Waals surface area contributed by atoms with Crippen molar-refractivity contribution in [2.24, 2.45) is 0 Å². The molecular formula is C13H16FN3O3. The summed E-state index contributed by atoms with van der Waals surface area (Å²) >= 11 is 0. The van der Waals surface area contributed by atoms with Crippen LogP contribution in [0.4, 0.5) is 9.18 Å². The number of hydrogen-bond donors (Lipinski definition) is 0. The van der Waals surface area contributed by atoms with Crippen molar-refractivity contribution in [1.82, 2.24) is 15.1 Å². The van der Waals surface area contributed by atoms with Gasteiger partial charge in [-0.25, -0.2) is 24.1 Å². The number of imide groups is 1. The molecule has 20 heavy (non-hydrogen) atoms.